The third kappa shape index (κ3) is 5.32. The molecule has 0 bridgehead atoms. The third-order valence-electron chi connectivity index (χ3n) is 5.11. The molecule has 3 rings (SSSR count). The van der Waals surface area contributed by atoms with E-state index >= 15 is 0 Å². The summed E-state index contributed by atoms with van der Waals surface area (Å²) in [6.45, 7) is 9.44. The number of aliphatic imine (C=N–C) groups is 1. The van der Waals surface area contributed by atoms with Gasteiger partial charge in [-0.1, -0.05) is 17.7 Å². The fourth-order valence-electron chi connectivity index (χ4n) is 3.34. The van der Waals surface area contributed by atoms with Gasteiger partial charge in [-0.25, -0.2) is 4.98 Å². The zero-order valence-corrected chi connectivity index (χ0v) is 16.8. The van der Waals surface area contributed by atoms with Crippen LogP contribution in [0, 0.1) is 6.92 Å². The van der Waals surface area contributed by atoms with Gasteiger partial charge >= 0.3 is 0 Å². The van der Waals surface area contributed by atoms with Gasteiger partial charge in [-0.05, 0) is 45.7 Å². The molecule has 0 unspecified atom stereocenters. The molecule has 0 aliphatic carbocycles. The number of hydrogen-bond donors (Lipinski definition) is 2. The van der Waals surface area contributed by atoms with Gasteiger partial charge < -0.3 is 20.0 Å². The second kappa shape index (κ2) is 9.04. The van der Waals surface area contributed by atoms with Gasteiger partial charge in [0.25, 0.3) is 0 Å². The lowest BCUT2D eigenvalue weighted by molar-refractivity contribution is 0.167. The normalized spacial score (nSPS) is 16.7. The Balaban J connectivity index is 1.49. The van der Waals surface area contributed by atoms with Crippen LogP contribution in [0.15, 0.2) is 39.9 Å². The second-order valence-corrected chi connectivity index (χ2v) is 7.48. The van der Waals surface area contributed by atoms with Crippen LogP contribution < -0.4 is 10.6 Å². The molecule has 1 aliphatic heterocycles. The maximum Gasteiger partial charge on any atom is 0.226 e. The Morgan fingerprint density at radius 1 is 1.26 bits per heavy atom. The van der Waals surface area contributed by atoms with Crippen molar-refractivity contribution in [2.75, 3.05) is 20.1 Å². The fourth-order valence-corrected chi connectivity index (χ4v) is 3.34. The highest BCUT2D eigenvalue weighted by Gasteiger charge is 2.21. The first-order chi connectivity index (χ1) is 13.0. The molecule has 6 heteroatoms. The minimum absolute atomic E-state index is 0.464. The highest BCUT2D eigenvalue weighted by molar-refractivity contribution is 5.79. The van der Waals surface area contributed by atoms with Crippen LogP contribution in [-0.2, 0) is 6.54 Å². The highest BCUT2D eigenvalue weighted by atomic mass is 16.3. The Morgan fingerprint density at radius 2 is 1.96 bits per heavy atom. The summed E-state index contributed by atoms with van der Waals surface area (Å²) in [6.07, 6.45) is 3.98. The van der Waals surface area contributed by atoms with E-state index in [1.165, 1.54) is 5.56 Å². The summed E-state index contributed by atoms with van der Waals surface area (Å²) in [5.74, 6) is 1.47. The molecule has 2 heterocycles. The first-order valence-corrected chi connectivity index (χ1v) is 9.78. The van der Waals surface area contributed by atoms with Crippen LogP contribution >= 0.6 is 0 Å². The predicted octanol–water partition coefficient (Wildman–Crippen LogP) is 3.19. The van der Waals surface area contributed by atoms with Gasteiger partial charge in [0.1, 0.15) is 6.26 Å². The molecular formula is C21H31N5O. The van der Waals surface area contributed by atoms with E-state index in [4.69, 9.17) is 4.42 Å². The smallest absolute Gasteiger partial charge is 0.226 e. The molecule has 2 N–H and O–H groups in total. The Labute approximate surface area is 162 Å². The number of aryl methyl sites for hydroxylation is 1. The van der Waals surface area contributed by atoms with E-state index < -0.39 is 0 Å². The van der Waals surface area contributed by atoms with Crippen LogP contribution in [0.25, 0.3) is 11.5 Å². The largest absolute Gasteiger partial charge is 0.444 e. The quantitative estimate of drug-likeness (QED) is 0.626. The van der Waals surface area contributed by atoms with Gasteiger partial charge in [0.15, 0.2) is 5.96 Å². The van der Waals surface area contributed by atoms with Crippen molar-refractivity contribution in [3.8, 4) is 11.5 Å². The molecule has 0 amide bonds. The Hall–Kier alpha value is -2.34. The number of oxazole rings is 1. The lowest BCUT2D eigenvalue weighted by Crippen LogP contribution is -2.49. The molecule has 1 aromatic carbocycles. The molecule has 1 fully saturated rings. The van der Waals surface area contributed by atoms with Crippen molar-refractivity contribution >= 4 is 5.96 Å². The van der Waals surface area contributed by atoms with Gasteiger partial charge in [0.05, 0.1) is 12.2 Å². The van der Waals surface area contributed by atoms with Crippen LogP contribution in [0.2, 0.25) is 0 Å². The maximum absolute atomic E-state index is 5.62. The molecule has 0 atom stereocenters. The SMILES string of the molecule is CN=C(NCc1coc(-c2ccc(C)cc2)n1)NC1CCN(C(C)C)CC1. The van der Waals surface area contributed by atoms with Crippen molar-refractivity contribution < 1.29 is 4.42 Å². The summed E-state index contributed by atoms with van der Waals surface area (Å²) in [7, 11) is 1.80. The highest BCUT2D eigenvalue weighted by Crippen LogP contribution is 2.19. The van der Waals surface area contributed by atoms with E-state index in [1.807, 2.05) is 12.1 Å². The van der Waals surface area contributed by atoms with Crippen LogP contribution in [-0.4, -0.2) is 48.1 Å². The summed E-state index contributed by atoms with van der Waals surface area (Å²) >= 11 is 0. The number of nitrogens with zero attached hydrogens (tertiary/aromatic N) is 3. The zero-order valence-electron chi connectivity index (χ0n) is 16.8. The number of piperidine rings is 1. The molecule has 0 radical (unpaired) electrons. The number of rotatable bonds is 5. The minimum atomic E-state index is 0.464. The van der Waals surface area contributed by atoms with Crippen molar-refractivity contribution in [1.29, 1.82) is 0 Å². The number of guanidine groups is 1. The monoisotopic (exact) mass is 369 g/mol. The molecule has 1 saturated heterocycles. The summed E-state index contributed by atoms with van der Waals surface area (Å²) < 4.78 is 5.62. The summed E-state index contributed by atoms with van der Waals surface area (Å²) in [6, 6.07) is 9.27. The molecule has 27 heavy (non-hydrogen) atoms. The topological polar surface area (TPSA) is 65.7 Å². The maximum atomic E-state index is 5.62. The number of benzene rings is 1. The van der Waals surface area contributed by atoms with E-state index in [-0.39, 0.29) is 0 Å². The number of nitrogens with one attached hydrogen (secondary N) is 2. The van der Waals surface area contributed by atoms with Gasteiger partial charge in [-0.2, -0.15) is 0 Å². The standard InChI is InChI=1S/C21H31N5O/c1-15(2)26-11-9-18(10-12-26)25-21(22-4)23-13-19-14-27-20(24-19)17-7-5-16(3)6-8-17/h5-8,14-15,18H,9-13H2,1-4H3,(H2,22,23,25). The minimum Gasteiger partial charge on any atom is -0.444 e. The zero-order chi connectivity index (χ0) is 19.2. The van der Waals surface area contributed by atoms with Crippen molar-refractivity contribution in [2.45, 2.75) is 52.2 Å². The molecule has 146 valence electrons. The van der Waals surface area contributed by atoms with Crippen molar-refractivity contribution in [2.24, 2.45) is 4.99 Å². The summed E-state index contributed by atoms with van der Waals surface area (Å²) in [5.41, 5.74) is 3.08. The van der Waals surface area contributed by atoms with Crippen molar-refractivity contribution in [3.05, 3.63) is 41.8 Å². The Bertz CT molecular complexity index is 742. The van der Waals surface area contributed by atoms with E-state index in [1.54, 1.807) is 13.3 Å². The summed E-state index contributed by atoms with van der Waals surface area (Å²) in [5, 5.41) is 6.88. The van der Waals surface area contributed by atoms with Crippen molar-refractivity contribution in [3.63, 3.8) is 0 Å². The third-order valence-corrected chi connectivity index (χ3v) is 5.11. The molecular weight excluding hydrogens is 338 g/mol. The number of aromatic nitrogens is 1. The van der Waals surface area contributed by atoms with E-state index in [0.29, 0.717) is 24.5 Å². The van der Waals surface area contributed by atoms with Gasteiger partial charge in [0, 0.05) is 37.8 Å². The van der Waals surface area contributed by atoms with Crippen LogP contribution in [0.1, 0.15) is 37.9 Å². The first kappa shape index (κ1) is 19.4. The molecule has 6 nitrogen and oxygen atoms in total. The fraction of sp³-hybridized carbons (Fsp3) is 0.524. The average molecular weight is 370 g/mol. The Kier molecular flexibility index (Phi) is 6.50. The van der Waals surface area contributed by atoms with Crippen molar-refractivity contribution in [1.82, 2.24) is 20.5 Å². The molecule has 1 aliphatic rings. The molecule has 2 aromatic rings. The number of likely N-dealkylation sites (tertiary alicyclic amines) is 1. The Morgan fingerprint density at radius 3 is 2.59 bits per heavy atom. The average Bonchev–Trinajstić information content (AvgIpc) is 3.15. The first-order valence-electron chi connectivity index (χ1n) is 9.78. The summed E-state index contributed by atoms with van der Waals surface area (Å²) in [4.78, 5) is 11.4. The van der Waals surface area contributed by atoms with Gasteiger partial charge in [0.2, 0.25) is 5.89 Å². The lowest BCUT2D eigenvalue weighted by Gasteiger charge is -2.35. The predicted molar refractivity (Wildman–Crippen MR) is 110 cm³/mol. The van der Waals surface area contributed by atoms with Crippen LogP contribution in [0.5, 0.6) is 0 Å². The lowest BCUT2D eigenvalue weighted by atomic mass is 10.0. The van der Waals surface area contributed by atoms with E-state index in [9.17, 15) is 0 Å². The molecule has 0 spiro atoms. The number of hydrogen-bond acceptors (Lipinski definition) is 4. The van der Waals surface area contributed by atoms with Gasteiger partial charge in [-0.15, -0.1) is 0 Å². The van der Waals surface area contributed by atoms with E-state index in [0.717, 1.165) is 43.1 Å². The van der Waals surface area contributed by atoms with Crippen LogP contribution in [0.4, 0.5) is 0 Å². The molecule has 0 saturated carbocycles. The van der Waals surface area contributed by atoms with Crippen LogP contribution in [0.3, 0.4) is 0 Å². The second-order valence-electron chi connectivity index (χ2n) is 7.48. The molecule has 1 aromatic heterocycles. The van der Waals surface area contributed by atoms with Gasteiger partial charge in [-0.3, -0.25) is 4.99 Å². The van der Waals surface area contributed by atoms with E-state index in [2.05, 4.69) is 58.4 Å².